The summed E-state index contributed by atoms with van der Waals surface area (Å²) in [6.07, 6.45) is 1.79. The highest BCUT2D eigenvalue weighted by molar-refractivity contribution is 5.90. The summed E-state index contributed by atoms with van der Waals surface area (Å²) in [4.78, 5) is 10.4. The third-order valence-corrected chi connectivity index (χ3v) is 3.05. The van der Waals surface area contributed by atoms with Crippen molar-refractivity contribution < 1.29 is 9.66 Å². The molecule has 0 amide bonds. The van der Waals surface area contributed by atoms with Gasteiger partial charge in [-0.3, -0.25) is 10.1 Å². The lowest BCUT2D eigenvalue weighted by Gasteiger charge is -2.09. The molecule has 0 bridgehead atoms. The van der Waals surface area contributed by atoms with Gasteiger partial charge in [0.2, 0.25) is 0 Å². The van der Waals surface area contributed by atoms with E-state index in [-0.39, 0.29) is 11.8 Å². The molecule has 0 radical (unpaired) electrons. The van der Waals surface area contributed by atoms with Gasteiger partial charge in [0.05, 0.1) is 22.7 Å². The molecule has 0 aliphatic carbocycles. The molecule has 23 heavy (non-hydrogen) atoms. The Morgan fingerprint density at radius 3 is 2.52 bits per heavy atom. The maximum atomic E-state index is 10.8. The zero-order chi connectivity index (χ0) is 16.8. The van der Waals surface area contributed by atoms with Crippen LogP contribution in [0.5, 0.6) is 5.75 Å². The Balaban J connectivity index is 2.30. The lowest BCUT2D eigenvalue weighted by Crippen LogP contribution is -2.05. The fourth-order valence-electron chi connectivity index (χ4n) is 2.05. The minimum absolute atomic E-state index is 0.0377. The molecule has 0 N–H and O–H groups in total. The minimum atomic E-state index is -0.476. The van der Waals surface area contributed by atoms with Gasteiger partial charge in [-0.05, 0) is 43.2 Å². The summed E-state index contributed by atoms with van der Waals surface area (Å²) in [6.45, 7) is 3.90. The zero-order valence-corrected chi connectivity index (χ0v) is 12.9. The van der Waals surface area contributed by atoms with Crippen molar-refractivity contribution in [2.24, 2.45) is 0 Å². The van der Waals surface area contributed by atoms with E-state index in [1.54, 1.807) is 18.2 Å². The standard InChI is InChI=1S/C18H16N2O3/c1-13(2)23-18-8-6-14(7-9-18)10-16(12-19)15-4-3-5-17(11-15)20(21)22/h3-11,13H,1-2H3/b16-10-. The van der Waals surface area contributed by atoms with Crippen molar-refractivity contribution in [3.63, 3.8) is 0 Å². The second-order valence-electron chi connectivity index (χ2n) is 5.21. The van der Waals surface area contributed by atoms with Crippen LogP contribution in [0.3, 0.4) is 0 Å². The Bertz CT molecular complexity index is 772. The number of allylic oxidation sites excluding steroid dienone is 1. The third-order valence-electron chi connectivity index (χ3n) is 3.05. The molecule has 0 unspecified atom stereocenters. The normalized spacial score (nSPS) is 11.1. The Morgan fingerprint density at radius 1 is 1.26 bits per heavy atom. The number of nitriles is 1. The highest BCUT2D eigenvalue weighted by Crippen LogP contribution is 2.23. The number of rotatable bonds is 5. The molecule has 2 rings (SSSR count). The van der Waals surface area contributed by atoms with Crippen molar-refractivity contribution in [3.8, 4) is 11.8 Å². The number of non-ortho nitro benzene ring substituents is 1. The first-order valence-corrected chi connectivity index (χ1v) is 7.13. The molecule has 0 aliphatic rings. The lowest BCUT2D eigenvalue weighted by atomic mass is 10.0. The van der Waals surface area contributed by atoms with E-state index in [1.807, 2.05) is 38.1 Å². The summed E-state index contributed by atoms with van der Waals surface area (Å²) in [5.41, 5.74) is 1.67. The molecule has 0 fully saturated rings. The van der Waals surface area contributed by atoms with Gasteiger partial charge in [0.25, 0.3) is 5.69 Å². The van der Waals surface area contributed by atoms with Gasteiger partial charge in [-0.2, -0.15) is 5.26 Å². The van der Waals surface area contributed by atoms with Crippen LogP contribution in [-0.2, 0) is 0 Å². The van der Waals surface area contributed by atoms with Crippen molar-refractivity contribution in [3.05, 3.63) is 69.8 Å². The summed E-state index contributed by atoms with van der Waals surface area (Å²) in [5, 5.41) is 20.2. The molecule has 0 aromatic heterocycles. The number of nitrogens with zero attached hydrogens (tertiary/aromatic N) is 2. The Kier molecular flexibility index (Phi) is 5.11. The second kappa shape index (κ2) is 7.23. The molecule has 0 atom stereocenters. The molecule has 5 heteroatoms. The number of nitro benzene ring substituents is 1. The predicted octanol–water partition coefficient (Wildman–Crippen LogP) is 4.45. The van der Waals surface area contributed by atoms with Gasteiger partial charge in [-0.15, -0.1) is 0 Å². The van der Waals surface area contributed by atoms with Gasteiger partial charge < -0.3 is 4.74 Å². The van der Waals surface area contributed by atoms with E-state index in [4.69, 9.17) is 4.74 Å². The molecule has 5 nitrogen and oxygen atoms in total. The molecule has 0 saturated carbocycles. The van der Waals surface area contributed by atoms with Gasteiger partial charge in [0, 0.05) is 12.1 Å². The molecule has 0 aliphatic heterocycles. The third kappa shape index (κ3) is 4.42. The quantitative estimate of drug-likeness (QED) is 0.354. The number of benzene rings is 2. The smallest absolute Gasteiger partial charge is 0.270 e. The van der Waals surface area contributed by atoms with Gasteiger partial charge in [0.15, 0.2) is 0 Å². The Labute approximate surface area is 134 Å². The van der Waals surface area contributed by atoms with Crippen LogP contribution in [0.25, 0.3) is 11.6 Å². The van der Waals surface area contributed by atoms with E-state index in [9.17, 15) is 15.4 Å². The van der Waals surface area contributed by atoms with E-state index >= 15 is 0 Å². The van der Waals surface area contributed by atoms with E-state index in [1.165, 1.54) is 12.1 Å². The Hall–Kier alpha value is -3.13. The first-order chi connectivity index (χ1) is 11.0. The van der Waals surface area contributed by atoms with Crippen LogP contribution in [0.2, 0.25) is 0 Å². The first kappa shape index (κ1) is 16.2. The molecule has 0 spiro atoms. The average molecular weight is 308 g/mol. The summed E-state index contributed by atoms with van der Waals surface area (Å²) in [7, 11) is 0. The largest absolute Gasteiger partial charge is 0.491 e. The number of nitro groups is 1. The summed E-state index contributed by atoms with van der Waals surface area (Å²) >= 11 is 0. The molecule has 2 aromatic rings. The van der Waals surface area contributed by atoms with E-state index < -0.39 is 4.92 Å². The molecular formula is C18H16N2O3. The first-order valence-electron chi connectivity index (χ1n) is 7.13. The molecule has 0 saturated heterocycles. The second-order valence-corrected chi connectivity index (χ2v) is 5.21. The SMILES string of the molecule is CC(C)Oc1ccc(/C=C(/C#N)c2cccc([N+](=O)[O-])c2)cc1. The van der Waals surface area contributed by atoms with Crippen LogP contribution < -0.4 is 4.74 Å². The predicted molar refractivity (Wildman–Crippen MR) is 88.8 cm³/mol. The molecule has 2 aromatic carbocycles. The molecular weight excluding hydrogens is 292 g/mol. The van der Waals surface area contributed by atoms with Crippen molar-refractivity contribution in [1.82, 2.24) is 0 Å². The van der Waals surface area contributed by atoms with E-state index in [2.05, 4.69) is 6.07 Å². The fourth-order valence-corrected chi connectivity index (χ4v) is 2.05. The van der Waals surface area contributed by atoms with Crippen LogP contribution in [0.1, 0.15) is 25.0 Å². The maximum Gasteiger partial charge on any atom is 0.270 e. The van der Waals surface area contributed by atoms with Gasteiger partial charge in [-0.1, -0.05) is 24.3 Å². The monoisotopic (exact) mass is 308 g/mol. The lowest BCUT2D eigenvalue weighted by molar-refractivity contribution is -0.384. The van der Waals surface area contributed by atoms with Gasteiger partial charge in [-0.25, -0.2) is 0 Å². The van der Waals surface area contributed by atoms with Crippen molar-refractivity contribution in [2.75, 3.05) is 0 Å². The minimum Gasteiger partial charge on any atom is -0.491 e. The summed E-state index contributed by atoms with van der Waals surface area (Å²) in [6, 6.07) is 15.5. The van der Waals surface area contributed by atoms with Crippen molar-refractivity contribution in [2.45, 2.75) is 20.0 Å². The van der Waals surface area contributed by atoms with Crippen LogP contribution in [0, 0.1) is 21.4 Å². The highest BCUT2D eigenvalue weighted by Gasteiger charge is 2.09. The average Bonchev–Trinajstić information content (AvgIpc) is 2.53. The Morgan fingerprint density at radius 2 is 1.96 bits per heavy atom. The van der Waals surface area contributed by atoms with Crippen molar-refractivity contribution in [1.29, 1.82) is 5.26 Å². The number of hydrogen-bond donors (Lipinski definition) is 0. The highest BCUT2D eigenvalue weighted by atomic mass is 16.6. The van der Waals surface area contributed by atoms with E-state index in [0.29, 0.717) is 11.1 Å². The molecule has 0 heterocycles. The topological polar surface area (TPSA) is 76.2 Å². The number of hydrogen-bond acceptors (Lipinski definition) is 4. The van der Waals surface area contributed by atoms with Gasteiger partial charge >= 0.3 is 0 Å². The zero-order valence-electron chi connectivity index (χ0n) is 12.9. The van der Waals surface area contributed by atoms with Crippen LogP contribution >= 0.6 is 0 Å². The molecule has 116 valence electrons. The number of ether oxygens (including phenoxy) is 1. The van der Waals surface area contributed by atoms with Crippen molar-refractivity contribution >= 4 is 17.3 Å². The maximum absolute atomic E-state index is 10.8. The van der Waals surface area contributed by atoms with Crippen LogP contribution in [-0.4, -0.2) is 11.0 Å². The van der Waals surface area contributed by atoms with E-state index in [0.717, 1.165) is 11.3 Å². The van der Waals surface area contributed by atoms with Crippen LogP contribution in [0.4, 0.5) is 5.69 Å². The summed E-state index contributed by atoms with van der Waals surface area (Å²) in [5.74, 6) is 0.756. The van der Waals surface area contributed by atoms with Gasteiger partial charge in [0.1, 0.15) is 5.75 Å². The van der Waals surface area contributed by atoms with Crippen LogP contribution in [0.15, 0.2) is 48.5 Å². The fraction of sp³-hybridized carbons (Fsp3) is 0.167. The summed E-state index contributed by atoms with van der Waals surface area (Å²) < 4.78 is 5.57.